The van der Waals surface area contributed by atoms with Gasteiger partial charge in [0, 0.05) is 38.9 Å². The van der Waals surface area contributed by atoms with Gasteiger partial charge in [-0.05, 0) is 43.4 Å². The number of piperazine rings is 1. The molecule has 0 atom stereocenters. The molecular formula is C19H27N5O3S. The highest BCUT2D eigenvalue weighted by Crippen LogP contribution is 2.20. The second-order valence-electron chi connectivity index (χ2n) is 6.68. The van der Waals surface area contributed by atoms with Crippen LogP contribution in [0.25, 0.3) is 0 Å². The Kier molecular flexibility index (Phi) is 6.69. The monoisotopic (exact) mass is 405 g/mol. The molecule has 9 heteroatoms. The van der Waals surface area contributed by atoms with Crippen molar-refractivity contribution in [1.29, 1.82) is 0 Å². The van der Waals surface area contributed by atoms with Gasteiger partial charge in [-0.1, -0.05) is 0 Å². The van der Waals surface area contributed by atoms with Gasteiger partial charge in [0.15, 0.2) is 4.77 Å². The molecule has 1 aromatic carbocycles. The van der Waals surface area contributed by atoms with Crippen LogP contribution >= 0.6 is 12.2 Å². The fourth-order valence-electron chi connectivity index (χ4n) is 3.25. The third-order valence-electron chi connectivity index (χ3n) is 4.88. The van der Waals surface area contributed by atoms with E-state index in [0.717, 1.165) is 31.9 Å². The van der Waals surface area contributed by atoms with E-state index in [1.165, 1.54) is 5.69 Å². The lowest BCUT2D eigenvalue weighted by atomic mass is 10.2. The summed E-state index contributed by atoms with van der Waals surface area (Å²) in [7, 11) is 3.51. The van der Waals surface area contributed by atoms with Gasteiger partial charge in [0.25, 0.3) is 0 Å². The lowest BCUT2D eigenvalue weighted by Gasteiger charge is -2.35. The van der Waals surface area contributed by atoms with Crippen molar-refractivity contribution in [2.45, 2.75) is 20.0 Å². The molecule has 0 radical (unpaired) electrons. The molecule has 0 N–H and O–H groups in total. The Bertz CT molecular complexity index is 853. The van der Waals surface area contributed by atoms with Gasteiger partial charge < -0.3 is 18.9 Å². The first-order valence-electron chi connectivity index (χ1n) is 9.41. The first kappa shape index (κ1) is 20.3. The van der Waals surface area contributed by atoms with Crippen LogP contribution in [0.5, 0.6) is 5.75 Å². The average molecular weight is 406 g/mol. The SMILES string of the molecule is CCOC(=O)Cc1nn(CN2CCN(c3ccc(OC)cc3)CC2)c(=S)n1C. The fourth-order valence-corrected chi connectivity index (χ4v) is 3.45. The van der Waals surface area contributed by atoms with Gasteiger partial charge in [0.1, 0.15) is 18.0 Å². The molecule has 2 aromatic rings. The summed E-state index contributed by atoms with van der Waals surface area (Å²) < 4.78 is 14.4. The first-order chi connectivity index (χ1) is 13.5. The molecule has 0 saturated carbocycles. The van der Waals surface area contributed by atoms with Crippen molar-refractivity contribution in [3.63, 3.8) is 0 Å². The number of methoxy groups -OCH3 is 1. The van der Waals surface area contributed by atoms with Gasteiger partial charge >= 0.3 is 5.97 Å². The van der Waals surface area contributed by atoms with Crippen LogP contribution in [0.3, 0.4) is 0 Å². The van der Waals surface area contributed by atoms with Crippen molar-refractivity contribution in [1.82, 2.24) is 19.2 Å². The summed E-state index contributed by atoms with van der Waals surface area (Å²) >= 11 is 5.49. The predicted molar refractivity (Wildman–Crippen MR) is 109 cm³/mol. The molecule has 0 aliphatic carbocycles. The molecule has 1 aliphatic rings. The number of aromatic nitrogens is 3. The summed E-state index contributed by atoms with van der Waals surface area (Å²) in [5.74, 6) is 1.21. The second kappa shape index (κ2) is 9.20. The molecule has 0 amide bonds. The van der Waals surface area contributed by atoms with E-state index in [0.29, 0.717) is 23.9 Å². The summed E-state index contributed by atoms with van der Waals surface area (Å²) in [5, 5.41) is 4.53. The molecule has 0 bridgehead atoms. The van der Waals surface area contributed by atoms with E-state index >= 15 is 0 Å². The Morgan fingerprint density at radius 3 is 2.46 bits per heavy atom. The number of ether oxygens (including phenoxy) is 2. The minimum absolute atomic E-state index is 0.131. The molecule has 1 fully saturated rings. The van der Waals surface area contributed by atoms with Gasteiger partial charge in [-0.25, -0.2) is 4.68 Å². The molecule has 0 spiro atoms. The summed E-state index contributed by atoms with van der Waals surface area (Å²) in [6.45, 7) is 6.47. The van der Waals surface area contributed by atoms with Crippen LogP contribution in [-0.2, 0) is 29.7 Å². The number of benzene rings is 1. The van der Waals surface area contributed by atoms with Gasteiger partial charge in [-0.3, -0.25) is 9.69 Å². The standard InChI is InChI=1S/C19H27N5O3S/c1-4-27-18(25)13-17-20-24(19(28)21(17)2)14-22-9-11-23(12-10-22)15-5-7-16(26-3)8-6-15/h5-8H,4,9-14H2,1-3H3. The number of carbonyl (C=O) groups excluding carboxylic acids is 1. The Hall–Kier alpha value is -2.39. The maximum Gasteiger partial charge on any atom is 0.313 e. The molecule has 28 heavy (non-hydrogen) atoms. The van der Waals surface area contributed by atoms with Crippen LogP contribution in [0.15, 0.2) is 24.3 Å². The second-order valence-corrected chi connectivity index (χ2v) is 7.05. The van der Waals surface area contributed by atoms with Crippen molar-refractivity contribution in [2.75, 3.05) is 44.8 Å². The highest BCUT2D eigenvalue weighted by atomic mass is 32.1. The number of esters is 1. The van der Waals surface area contributed by atoms with Crippen LogP contribution in [0.1, 0.15) is 12.7 Å². The fraction of sp³-hybridized carbons (Fsp3) is 0.526. The number of rotatable bonds is 7. The molecule has 152 valence electrons. The van der Waals surface area contributed by atoms with Gasteiger partial charge in [-0.2, -0.15) is 5.10 Å². The maximum atomic E-state index is 11.7. The summed E-state index contributed by atoms with van der Waals surface area (Å²) in [5.41, 5.74) is 1.20. The third kappa shape index (κ3) is 4.71. The number of anilines is 1. The molecule has 0 unspecified atom stereocenters. The Balaban J connectivity index is 1.58. The molecule has 1 aliphatic heterocycles. The van der Waals surface area contributed by atoms with E-state index in [-0.39, 0.29) is 12.4 Å². The van der Waals surface area contributed by atoms with Gasteiger partial charge in [-0.15, -0.1) is 0 Å². The number of hydrogen-bond donors (Lipinski definition) is 0. The van der Waals surface area contributed by atoms with Crippen LogP contribution in [0.4, 0.5) is 5.69 Å². The minimum atomic E-state index is -0.286. The minimum Gasteiger partial charge on any atom is -0.497 e. The van der Waals surface area contributed by atoms with Crippen LogP contribution in [0, 0.1) is 4.77 Å². The number of hydrogen-bond acceptors (Lipinski definition) is 7. The van der Waals surface area contributed by atoms with E-state index in [2.05, 4.69) is 27.0 Å². The quantitative estimate of drug-likeness (QED) is 0.514. The summed E-state index contributed by atoms with van der Waals surface area (Å²) in [6, 6.07) is 8.15. The van der Waals surface area contributed by atoms with E-state index < -0.39 is 0 Å². The number of carbonyl (C=O) groups is 1. The zero-order valence-corrected chi connectivity index (χ0v) is 17.4. The highest BCUT2D eigenvalue weighted by Gasteiger charge is 2.19. The molecule has 1 saturated heterocycles. The lowest BCUT2D eigenvalue weighted by Crippen LogP contribution is -2.47. The van der Waals surface area contributed by atoms with Crippen LogP contribution in [-0.4, -0.2) is 65.1 Å². The topological polar surface area (TPSA) is 64.8 Å². The van der Waals surface area contributed by atoms with E-state index in [9.17, 15) is 4.79 Å². The van der Waals surface area contributed by atoms with E-state index in [4.69, 9.17) is 21.7 Å². The molecule has 2 heterocycles. The van der Waals surface area contributed by atoms with Gasteiger partial charge in [0.2, 0.25) is 0 Å². The lowest BCUT2D eigenvalue weighted by molar-refractivity contribution is -0.142. The molecule has 8 nitrogen and oxygen atoms in total. The predicted octanol–water partition coefficient (Wildman–Crippen LogP) is 1.84. The van der Waals surface area contributed by atoms with E-state index in [1.807, 2.05) is 19.2 Å². The Morgan fingerprint density at radius 1 is 1.18 bits per heavy atom. The maximum absolute atomic E-state index is 11.7. The average Bonchev–Trinajstić information content (AvgIpc) is 2.96. The summed E-state index contributed by atoms with van der Waals surface area (Å²) in [6.07, 6.45) is 0.131. The van der Waals surface area contributed by atoms with Crippen LogP contribution in [0.2, 0.25) is 0 Å². The molecular weight excluding hydrogens is 378 g/mol. The van der Waals surface area contributed by atoms with Gasteiger partial charge in [0.05, 0.1) is 20.4 Å². The van der Waals surface area contributed by atoms with Crippen molar-refractivity contribution >= 4 is 23.9 Å². The molecule has 1 aromatic heterocycles. The zero-order valence-electron chi connectivity index (χ0n) is 16.6. The smallest absolute Gasteiger partial charge is 0.313 e. The van der Waals surface area contributed by atoms with Crippen molar-refractivity contribution < 1.29 is 14.3 Å². The third-order valence-corrected chi connectivity index (χ3v) is 5.37. The molecule has 3 rings (SSSR count). The van der Waals surface area contributed by atoms with Crippen LogP contribution < -0.4 is 9.64 Å². The van der Waals surface area contributed by atoms with Crippen molar-refractivity contribution in [3.8, 4) is 5.75 Å². The Labute approximate surface area is 170 Å². The highest BCUT2D eigenvalue weighted by molar-refractivity contribution is 7.71. The van der Waals surface area contributed by atoms with E-state index in [1.54, 1.807) is 23.3 Å². The number of nitrogens with zero attached hydrogens (tertiary/aromatic N) is 5. The van der Waals surface area contributed by atoms with Crippen molar-refractivity contribution in [3.05, 3.63) is 34.9 Å². The zero-order chi connectivity index (χ0) is 20.1. The largest absolute Gasteiger partial charge is 0.497 e. The van der Waals surface area contributed by atoms with Crippen molar-refractivity contribution in [2.24, 2.45) is 7.05 Å². The summed E-state index contributed by atoms with van der Waals surface area (Å²) in [4.78, 5) is 16.4. The first-order valence-corrected chi connectivity index (χ1v) is 9.82. The Morgan fingerprint density at radius 2 is 1.86 bits per heavy atom. The normalized spacial score (nSPS) is 14.9.